The number of allylic oxidation sites excluding steroid dienone is 4. The number of thioether (sulfide) groups is 1. The zero-order valence-corrected chi connectivity index (χ0v) is 17.4. The van der Waals surface area contributed by atoms with Crippen LogP contribution in [0.15, 0.2) is 103 Å². The van der Waals surface area contributed by atoms with E-state index in [9.17, 15) is 0 Å². The molecule has 1 nitrogen and oxygen atoms in total. The van der Waals surface area contributed by atoms with Crippen molar-refractivity contribution >= 4 is 23.0 Å². The molecular weight excluding hydrogens is 358 g/mol. The van der Waals surface area contributed by atoms with E-state index in [0.29, 0.717) is 0 Å². The fraction of sp³-hybridized carbons (Fsp3) is 0.154. The largest absolute Gasteiger partial charge is 0.338 e. The molecule has 1 unspecified atom stereocenters. The van der Waals surface area contributed by atoms with Gasteiger partial charge in [0.2, 0.25) is 0 Å². The van der Waals surface area contributed by atoms with Gasteiger partial charge in [-0.15, -0.1) is 11.8 Å². The molecule has 2 aliphatic rings. The van der Waals surface area contributed by atoms with E-state index < -0.39 is 4.75 Å². The normalized spacial score (nSPS) is 20.7. The summed E-state index contributed by atoms with van der Waals surface area (Å²) in [6.07, 6.45) is 8.38. The minimum Gasteiger partial charge on any atom is -0.338 e. The second-order valence-electron chi connectivity index (χ2n) is 7.20. The van der Waals surface area contributed by atoms with Crippen molar-refractivity contribution in [3.63, 3.8) is 0 Å². The molecule has 2 heterocycles. The predicted molar refractivity (Wildman–Crippen MR) is 124 cm³/mol. The fourth-order valence-corrected chi connectivity index (χ4v) is 5.72. The summed E-state index contributed by atoms with van der Waals surface area (Å²) in [5.41, 5.74) is 8.31. The van der Waals surface area contributed by atoms with Gasteiger partial charge in [-0.2, -0.15) is 0 Å². The van der Waals surface area contributed by atoms with Crippen LogP contribution in [0.25, 0.3) is 5.57 Å². The average molecular weight is 384 g/mol. The quantitative estimate of drug-likeness (QED) is 0.521. The average Bonchev–Trinajstić information content (AvgIpc) is 2.72. The molecule has 0 saturated heterocycles. The Hall–Kier alpha value is -2.71. The molecule has 140 valence electrons. The van der Waals surface area contributed by atoms with Crippen molar-refractivity contribution in [3.8, 4) is 0 Å². The highest BCUT2D eigenvalue weighted by atomic mass is 32.2. The van der Waals surface area contributed by atoms with Crippen molar-refractivity contribution in [3.05, 3.63) is 114 Å². The molecule has 0 aliphatic carbocycles. The third-order valence-electron chi connectivity index (χ3n) is 5.62. The van der Waals surface area contributed by atoms with E-state index in [4.69, 9.17) is 0 Å². The molecule has 0 aromatic heterocycles. The number of hydrogen-bond acceptors (Lipinski definition) is 2. The fourth-order valence-electron chi connectivity index (χ4n) is 4.27. The van der Waals surface area contributed by atoms with Crippen LogP contribution < -0.4 is 4.90 Å². The summed E-state index contributed by atoms with van der Waals surface area (Å²) in [7, 11) is 0. The molecule has 4 rings (SSSR count). The Morgan fingerprint density at radius 1 is 1.18 bits per heavy atom. The zero-order chi connectivity index (χ0) is 19.9. The first-order chi connectivity index (χ1) is 13.5. The molecule has 2 heteroatoms. The summed E-state index contributed by atoms with van der Waals surface area (Å²) in [5.74, 6) is 0. The molecule has 0 amide bonds. The maximum atomic E-state index is 4.61. The maximum Gasteiger partial charge on any atom is 0.109 e. The van der Waals surface area contributed by atoms with Gasteiger partial charge >= 0.3 is 0 Å². The second kappa shape index (κ2) is 7.03. The van der Waals surface area contributed by atoms with Crippen LogP contribution in [-0.2, 0) is 4.75 Å². The van der Waals surface area contributed by atoms with Gasteiger partial charge in [-0.1, -0.05) is 80.4 Å². The molecule has 0 fully saturated rings. The standard InChI is InChI=1S/C26H25NS/c1-6-11-19(4)26(22-12-9-8-10-13-22)20(5)27-17-16-21(7-2)24-18(3)14-15-23(28-26)25(24)27/h6-16H,2,4-5,17H2,1,3H3. The molecule has 28 heavy (non-hydrogen) atoms. The lowest BCUT2D eigenvalue weighted by molar-refractivity contribution is 0.781. The van der Waals surface area contributed by atoms with Crippen LogP contribution in [0.4, 0.5) is 5.69 Å². The Morgan fingerprint density at radius 3 is 2.61 bits per heavy atom. The van der Waals surface area contributed by atoms with Gasteiger partial charge in [0.05, 0.1) is 5.69 Å². The van der Waals surface area contributed by atoms with Gasteiger partial charge in [0.25, 0.3) is 0 Å². The number of aryl methyl sites for hydroxylation is 1. The number of anilines is 1. The minimum absolute atomic E-state index is 0.424. The highest BCUT2D eigenvalue weighted by Gasteiger charge is 2.46. The molecule has 2 aliphatic heterocycles. The van der Waals surface area contributed by atoms with Gasteiger partial charge in [0, 0.05) is 22.7 Å². The summed E-state index contributed by atoms with van der Waals surface area (Å²) in [6.45, 7) is 18.1. The van der Waals surface area contributed by atoms with Crippen molar-refractivity contribution < 1.29 is 0 Å². The number of nitrogens with zero attached hydrogens (tertiary/aromatic N) is 1. The van der Waals surface area contributed by atoms with Gasteiger partial charge < -0.3 is 4.90 Å². The van der Waals surface area contributed by atoms with Crippen LogP contribution in [0.2, 0.25) is 0 Å². The summed E-state index contributed by atoms with van der Waals surface area (Å²) >= 11 is 1.85. The first kappa shape index (κ1) is 18.6. The van der Waals surface area contributed by atoms with Gasteiger partial charge in [0.1, 0.15) is 4.75 Å². The van der Waals surface area contributed by atoms with Crippen LogP contribution in [0.5, 0.6) is 0 Å². The molecule has 0 saturated carbocycles. The lowest BCUT2D eigenvalue weighted by atomic mass is 9.85. The summed E-state index contributed by atoms with van der Waals surface area (Å²) in [4.78, 5) is 3.62. The molecule has 2 aromatic carbocycles. The van der Waals surface area contributed by atoms with E-state index in [1.807, 2.05) is 24.8 Å². The lowest BCUT2D eigenvalue weighted by Gasteiger charge is -2.48. The number of rotatable bonds is 4. The SMILES string of the molecule is C=CC1=CCN2C(=C)C(C(=C)C=CC)(c3ccccc3)Sc3ccc(C)c1c32. The number of benzene rings is 2. The monoisotopic (exact) mass is 383 g/mol. The van der Waals surface area contributed by atoms with E-state index in [1.54, 1.807) is 0 Å². The van der Waals surface area contributed by atoms with Crippen LogP contribution in [0.3, 0.4) is 0 Å². The summed E-state index contributed by atoms with van der Waals surface area (Å²) in [6, 6.07) is 15.1. The van der Waals surface area contributed by atoms with Crippen molar-refractivity contribution in [1.82, 2.24) is 0 Å². The Morgan fingerprint density at radius 2 is 1.93 bits per heavy atom. The topological polar surface area (TPSA) is 3.24 Å². The van der Waals surface area contributed by atoms with Crippen LogP contribution >= 0.6 is 11.8 Å². The maximum absolute atomic E-state index is 4.61. The number of hydrogen-bond donors (Lipinski definition) is 0. The van der Waals surface area contributed by atoms with Gasteiger partial charge in [-0.25, -0.2) is 0 Å². The second-order valence-corrected chi connectivity index (χ2v) is 8.46. The van der Waals surface area contributed by atoms with E-state index >= 15 is 0 Å². The van der Waals surface area contributed by atoms with E-state index in [2.05, 4.69) is 92.3 Å². The van der Waals surface area contributed by atoms with Crippen molar-refractivity contribution in [2.24, 2.45) is 0 Å². The Labute approximate surface area is 172 Å². The molecule has 0 bridgehead atoms. The predicted octanol–water partition coefficient (Wildman–Crippen LogP) is 7.03. The molecule has 0 spiro atoms. The third-order valence-corrected chi connectivity index (χ3v) is 7.21. The first-order valence-electron chi connectivity index (χ1n) is 9.54. The van der Waals surface area contributed by atoms with Crippen molar-refractivity contribution in [2.45, 2.75) is 23.5 Å². The van der Waals surface area contributed by atoms with Crippen molar-refractivity contribution in [2.75, 3.05) is 11.4 Å². The molecule has 1 atom stereocenters. The van der Waals surface area contributed by atoms with Crippen LogP contribution in [0, 0.1) is 6.92 Å². The molecule has 0 N–H and O–H groups in total. The summed E-state index contributed by atoms with van der Waals surface area (Å²) in [5, 5.41) is 0. The van der Waals surface area contributed by atoms with E-state index in [0.717, 1.165) is 17.8 Å². The Balaban J connectivity index is 2.00. The van der Waals surface area contributed by atoms with Crippen LogP contribution in [0.1, 0.15) is 23.6 Å². The highest BCUT2D eigenvalue weighted by molar-refractivity contribution is 8.01. The van der Waals surface area contributed by atoms with Crippen molar-refractivity contribution in [1.29, 1.82) is 0 Å². The Bertz CT molecular complexity index is 1040. The van der Waals surface area contributed by atoms with E-state index in [-0.39, 0.29) is 0 Å². The van der Waals surface area contributed by atoms with Gasteiger partial charge in [0.15, 0.2) is 0 Å². The minimum atomic E-state index is -0.424. The van der Waals surface area contributed by atoms with E-state index in [1.165, 1.54) is 32.8 Å². The Kier molecular flexibility index (Phi) is 4.68. The zero-order valence-electron chi connectivity index (χ0n) is 16.5. The summed E-state index contributed by atoms with van der Waals surface area (Å²) < 4.78 is -0.424. The van der Waals surface area contributed by atoms with Gasteiger partial charge in [-0.05, 0) is 42.2 Å². The molecular formula is C26H25NS. The highest BCUT2D eigenvalue weighted by Crippen LogP contribution is 2.60. The molecule has 2 aromatic rings. The molecule has 0 radical (unpaired) electrons. The smallest absolute Gasteiger partial charge is 0.109 e. The lowest BCUT2D eigenvalue weighted by Crippen LogP contribution is -2.42. The van der Waals surface area contributed by atoms with Gasteiger partial charge in [-0.3, -0.25) is 0 Å². The van der Waals surface area contributed by atoms with Crippen LogP contribution in [-0.4, -0.2) is 6.54 Å². The first-order valence-corrected chi connectivity index (χ1v) is 10.4. The third kappa shape index (κ3) is 2.56.